The Morgan fingerprint density at radius 3 is 2.56 bits per heavy atom. The van der Waals surface area contributed by atoms with E-state index < -0.39 is 10.0 Å². The maximum atomic E-state index is 12.6. The van der Waals surface area contributed by atoms with Crippen molar-refractivity contribution in [1.29, 1.82) is 0 Å². The second kappa shape index (κ2) is 6.72. The maximum absolute atomic E-state index is 12.6. The fraction of sp³-hybridized carbons (Fsp3) is 0.0500. The van der Waals surface area contributed by atoms with Gasteiger partial charge < -0.3 is 4.40 Å². The molecule has 4 aromatic rings. The predicted octanol–water partition coefficient (Wildman–Crippen LogP) is 4.76. The van der Waals surface area contributed by atoms with Gasteiger partial charge in [0.2, 0.25) is 0 Å². The third-order valence-electron chi connectivity index (χ3n) is 4.16. The van der Waals surface area contributed by atoms with Crippen LogP contribution in [0.4, 0.5) is 5.69 Å². The molecule has 0 saturated heterocycles. The largest absolute Gasteiger partial charge is 0.305 e. The monoisotopic (exact) mass is 397 g/mol. The van der Waals surface area contributed by atoms with E-state index in [9.17, 15) is 8.42 Å². The molecule has 2 aromatic carbocycles. The van der Waals surface area contributed by atoms with Crippen molar-refractivity contribution in [1.82, 2.24) is 9.38 Å². The molecule has 0 spiro atoms. The summed E-state index contributed by atoms with van der Waals surface area (Å²) in [5.74, 6) is 0. The van der Waals surface area contributed by atoms with Crippen LogP contribution in [0.15, 0.2) is 78.0 Å². The van der Waals surface area contributed by atoms with Gasteiger partial charge in [-0.05, 0) is 43.3 Å². The molecule has 0 bridgehead atoms. The number of nitrogens with one attached hydrogen (secondary N) is 1. The Balaban J connectivity index is 1.66. The topological polar surface area (TPSA) is 63.5 Å². The summed E-state index contributed by atoms with van der Waals surface area (Å²) < 4.78 is 29.6. The molecule has 4 rings (SSSR count). The van der Waals surface area contributed by atoms with Gasteiger partial charge in [-0.3, -0.25) is 4.72 Å². The quantitative estimate of drug-likeness (QED) is 0.539. The number of benzene rings is 2. The van der Waals surface area contributed by atoms with E-state index in [0.29, 0.717) is 10.7 Å². The molecular formula is C20H16ClN3O2S. The van der Waals surface area contributed by atoms with Gasteiger partial charge in [0, 0.05) is 23.6 Å². The minimum atomic E-state index is -3.65. The molecule has 0 radical (unpaired) electrons. The highest BCUT2D eigenvalue weighted by atomic mass is 35.5. The molecule has 0 aliphatic rings. The molecule has 0 aliphatic carbocycles. The molecule has 0 unspecified atom stereocenters. The Hall–Kier alpha value is -2.83. The SMILES string of the molecule is Cc1ccc(S(=O)(=O)Nc2cccc(-c3cn4cc(Cl)ccc4n3)c2)cc1. The second-order valence-electron chi connectivity index (χ2n) is 6.24. The Morgan fingerprint density at radius 2 is 1.78 bits per heavy atom. The van der Waals surface area contributed by atoms with Crippen LogP contribution in [0, 0.1) is 6.92 Å². The van der Waals surface area contributed by atoms with Crippen LogP contribution in [-0.4, -0.2) is 17.8 Å². The van der Waals surface area contributed by atoms with E-state index in [0.717, 1.165) is 22.5 Å². The van der Waals surface area contributed by atoms with Crippen LogP contribution >= 0.6 is 11.6 Å². The van der Waals surface area contributed by atoms with Crippen LogP contribution in [0.3, 0.4) is 0 Å². The first-order chi connectivity index (χ1) is 12.9. The van der Waals surface area contributed by atoms with Gasteiger partial charge in [0.25, 0.3) is 10.0 Å². The van der Waals surface area contributed by atoms with Gasteiger partial charge in [0.1, 0.15) is 5.65 Å². The van der Waals surface area contributed by atoms with E-state index >= 15 is 0 Å². The van der Waals surface area contributed by atoms with Crippen LogP contribution < -0.4 is 4.72 Å². The minimum Gasteiger partial charge on any atom is -0.305 e. The van der Waals surface area contributed by atoms with Crippen LogP contribution in [0.1, 0.15) is 5.56 Å². The third-order valence-corrected chi connectivity index (χ3v) is 5.78. The molecule has 0 aliphatic heterocycles. The molecule has 1 N–H and O–H groups in total. The first-order valence-electron chi connectivity index (χ1n) is 8.25. The fourth-order valence-electron chi connectivity index (χ4n) is 2.78. The van der Waals surface area contributed by atoms with E-state index in [1.165, 1.54) is 0 Å². The van der Waals surface area contributed by atoms with E-state index in [-0.39, 0.29) is 4.90 Å². The van der Waals surface area contributed by atoms with Gasteiger partial charge in [-0.1, -0.05) is 41.4 Å². The van der Waals surface area contributed by atoms with Crippen LogP contribution in [0.25, 0.3) is 16.9 Å². The normalized spacial score (nSPS) is 11.6. The summed E-state index contributed by atoms with van der Waals surface area (Å²) in [7, 11) is -3.65. The first kappa shape index (κ1) is 17.6. The van der Waals surface area contributed by atoms with Gasteiger partial charge in [0.15, 0.2) is 0 Å². The summed E-state index contributed by atoms with van der Waals surface area (Å²) >= 11 is 6.01. The molecule has 0 saturated carbocycles. The molecule has 136 valence electrons. The smallest absolute Gasteiger partial charge is 0.261 e. The summed E-state index contributed by atoms with van der Waals surface area (Å²) in [5, 5.41) is 0.617. The number of hydrogen-bond donors (Lipinski definition) is 1. The number of halogens is 1. The molecule has 0 fully saturated rings. The van der Waals surface area contributed by atoms with E-state index in [4.69, 9.17) is 11.6 Å². The summed E-state index contributed by atoms with van der Waals surface area (Å²) in [6.07, 6.45) is 3.63. The van der Waals surface area contributed by atoms with Crippen molar-refractivity contribution in [3.63, 3.8) is 0 Å². The Bertz CT molecular complexity index is 1230. The zero-order valence-corrected chi connectivity index (χ0v) is 16.0. The Kier molecular flexibility index (Phi) is 4.37. The number of nitrogens with zero attached hydrogens (tertiary/aromatic N) is 2. The molecule has 0 atom stereocenters. The van der Waals surface area contributed by atoms with E-state index in [1.807, 2.05) is 29.7 Å². The molecule has 5 nitrogen and oxygen atoms in total. The average molecular weight is 398 g/mol. The molecule has 0 amide bonds. The van der Waals surface area contributed by atoms with Crippen molar-refractivity contribution < 1.29 is 8.42 Å². The number of rotatable bonds is 4. The predicted molar refractivity (Wildman–Crippen MR) is 108 cm³/mol. The van der Waals surface area contributed by atoms with Gasteiger partial charge in [-0.25, -0.2) is 13.4 Å². The van der Waals surface area contributed by atoms with Crippen molar-refractivity contribution in [2.45, 2.75) is 11.8 Å². The van der Waals surface area contributed by atoms with Gasteiger partial charge >= 0.3 is 0 Å². The lowest BCUT2D eigenvalue weighted by Crippen LogP contribution is -2.12. The van der Waals surface area contributed by atoms with Crippen molar-refractivity contribution in [3.05, 3.63) is 83.6 Å². The van der Waals surface area contributed by atoms with Crippen molar-refractivity contribution in [3.8, 4) is 11.3 Å². The summed E-state index contributed by atoms with van der Waals surface area (Å²) in [6, 6.07) is 17.5. The standard InChI is InChI=1S/C20H16ClN3O2S/c1-14-5-8-18(9-6-14)27(25,26)23-17-4-2-3-15(11-17)19-13-24-12-16(21)7-10-20(24)22-19/h2-13,23H,1H3. The molecular weight excluding hydrogens is 382 g/mol. The number of imidazole rings is 1. The molecule has 2 heterocycles. The zero-order chi connectivity index (χ0) is 19.0. The number of fused-ring (bicyclic) bond motifs is 1. The third kappa shape index (κ3) is 3.67. The number of aryl methyl sites for hydroxylation is 1. The molecule has 2 aromatic heterocycles. The fourth-order valence-corrected chi connectivity index (χ4v) is 3.99. The molecule has 7 heteroatoms. The Labute approximate surface area is 162 Å². The highest BCUT2D eigenvalue weighted by molar-refractivity contribution is 7.92. The maximum Gasteiger partial charge on any atom is 0.261 e. The summed E-state index contributed by atoms with van der Waals surface area (Å²) in [4.78, 5) is 4.78. The van der Waals surface area contributed by atoms with Crippen LogP contribution in [0.2, 0.25) is 5.02 Å². The zero-order valence-electron chi connectivity index (χ0n) is 14.4. The number of aromatic nitrogens is 2. The van der Waals surface area contributed by atoms with Gasteiger partial charge in [0.05, 0.1) is 15.6 Å². The molecule has 27 heavy (non-hydrogen) atoms. The average Bonchev–Trinajstić information content (AvgIpc) is 3.05. The van der Waals surface area contributed by atoms with E-state index in [2.05, 4.69) is 9.71 Å². The highest BCUT2D eigenvalue weighted by Gasteiger charge is 2.14. The number of anilines is 1. The van der Waals surface area contributed by atoms with Crippen LogP contribution in [0.5, 0.6) is 0 Å². The van der Waals surface area contributed by atoms with Gasteiger partial charge in [-0.2, -0.15) is 0 Å². The van der Waals surface area contributed by atoms with Crippen molar-refractivity contribution in [2.24, 2.45) is 0 Å². The Morgan fingerprint density at radius 1 is 1.00 bits per heavy atom. The summed E-state index contributed by atoms with van der Waals surface area (Å²) in [6.45, 7) is 1.91. The number of sulfonamides is 1. The van der Waals surface area contributed by atoms with Crippen molar-refractivity contribution in [2.75, 3.05) is 4.72 Å². The first-order valence-corrected chi connectivity index (χ1v) is 10.1. The van der Waals surface area contributed by atoms with Gasteiger partial charge in [-0.15, -0.1) is 0 Å². The lowest BCUT2D eigenvalue weighted by Gasteiger charge is -2.09. The van der Waals surface area contributed by atoms with Crippen LogP contribution in [-0.2, 0) is 10.0 Å². The summed E-state index contributed by atoms with van der Waals surface area (Å²) in [5.41, 5.74) is 3.78. The number of hydrogen-bond acceptors (Lipinski definition) is 3. The van der Waals surface area contributed by atoms with Crippen molar-refractivity contribution >= 4 is 33.0 Å². The highest BCUT2D eigenvalue weighted by Crippen LogP contribution is 2.25. The minimum absolute atomic E-state index is 0.223. The van der Waals surface area contributed by atoms with E-state index in [1.54, 1.807) is 54.7 Å². The lowest BCUT2D eigenvalue weighted by atomic mass is 10.1. The second-order valence-corrected chi connectivity index (χ2v) is 8.36. The lowest BCUT2D eigenvalue weighted by molar-refractivity contribution is 0.601. The number of pyridine rings is 1.